The SMILES string of the molecule is Cc1ccc(C)c(NC(=O)CSc2nc(C)c(C)n2CC(C)C)c1. The van der Waals surface area contributed by atoms with Gasteiger partial charge in [-0.3, -0.25) is 4.79 Å². The lowest BCUT2D eigenvalue weighted by Gasteiger charge is -2.13. The smallest absolute Gasteiger partial charge is 0.234 e. The highest BCUT2D eigenvalue weighted by Gasteiger charge is 2.14. The zero-order valence-electron chi connectivity index (χ0n) is 15.4. The Hall–Kier alpha value is -1.75. The van der Waals surface area contributed by atoms with Crippen LogP contribution in [0.5, 0.6) is 0 Å². The molecular weight excluding hydrogens is 318 g/mol. The summed E-state index contributed by atoms with van der Waals surface area (Å²) >= 11 is 1.50. The molecule has 2 aromatic rings. The van der Waals surface area contributed by atoms with Crippen molar-refractivity contribution in [3.05, 3.63) is 40.7 Å². The Kier molecular flexibility index (Phi) is 6.10. The van der Waals surface area contributed by atoms with E-state index in [1.807, 2.05) is 39.0 Å². The molecule has 1 aromatic heterocycles. The molecule has 0 fully saturated rings. The normalized spacial score (nSPS) is 11.1. The predicted molar refractivity (Wildman–Crippen MR) is 102 cm³/mol. The fourth-order valence-corrected chi connectivity index (χ4v) is 3.40. The average Bonchev–Trinajstić information content (AvgIpc) is 2.76. The standard InChI is InChI=1S/C19H27N3OS/c1-12(2)10-22-16(6)15(5)20-19(22)24-11-18(23)21-17-9-13(3)7-8-14(17)4/h7-9,12H,10-11H2,1-6H3,(H,21,23). The molecule has 4 nitrogen and oxygen atoms in total. The number of benzene rings is 1. The number of nitrogens with one attached hydrogen (secondary N) is 1. The Morgan fingerprint density at radius 2 is 1.96 bits per heavy atom. The second-order valence-corrected chi connectivity index (χ2v) is 7.67. The summed E-state index contributed by atoms with van der Waals surface area (Å²) < 4.78 is 2.22. The number of carbonyl (C=O) groups excluding carboxylic acids is 1. The first-order valence-corrected chi connectivity index (χ1v) is 9.30. The molecule has 0 aliphatic heterocycles. The lowest BCUT2D eigenvalue weighted by Crippen LogP contribution is -2.16. The van der Waals surface area contributed by atoms with Gasteiger partial charge < -0.3 is 9.88 Å². The largest absolute Gasteiger partial charge is 0.325 e. The number of anilines is 1. The van der Waals surface area contributed by atoms with E-state index in [-0.39, 0.29) is 5.91 Å². The molecule has 0 unspecified atom stereocenters. The maximum Gasteiger partial charge on any atom is 0.234 e. The van der Waals surface area contributed by atoms with Crippen molar-refractivity contribution in [3.8, 4) is 0 Å². The highest BCUT2D eigenvalue weighted by Crippen LogP contribution is 2.23. The molecule has 1 N–H and O–H groups in total. The number of imidazole rings is 1. The van der Waals surface area contributed by atoms with Crippen LogP contribution in [-0.2, 0) is 11.3 Å². The quantitative estimate of drug-likeness (QED) is 0.784. The third-order valence-corrected chi connectivity index (χ3v) is 4.95. The molecule has 0 aliphatic carbocycles. The van der Waals surface area contributed by atoms with Crippen LogP contribution in [-0.4, -0.2) is 21.2 Å². The Labute approximate surface area is 149 Å². The van der Waals surface area contributed by atoms with E-state index in [9.17, 15) is 4.79 Å². The Balaban J connectivity index is 2.04. The summed E-state index contributed by atoms with van der Waals surface area (Å²) in [6.07, 6.45) is 0. The molecule has 0 saturated heterocycles. The summed E-state index contributed by atoms with van der Waals surface area (Å²) in [7, 11) is 0. The van der Waals surface area contributed by atoms with Crippen LogP contribution < -0.4 is 5.32 Å². The van der Waals surface area contributed by atoms with E-state index >= 15 is 0 Å². The summed E-state index contributed by atoms with van der Waals surface area (Å²) in [5.74, 6) is 0.907. The summed E-state index contributed by atoms with van der Waals surface area (Å²) in [6, 6.07) is 6.08. The van der Waals surface area contributed by atoms with Crippen molar-refractivity contribution in [2.45, 2.75) is 53.2 Å². The Morgan fingerprint density at radius 1 is 1.25 bits per heavy atom. The summed E-state index contributed by atoms with van der Waals surface area (Å²) in [6.45, 7) is 13.4. The second-order valence-electron chi connectivity index (χ2n) is 6.72. The second kappa shape index (κ2) is 7.88. The number of aryl methyl sites for hydroxylation is 3. The van der Waals surface area contributed by atoms with Crippen molar-refractivity contribution in [1.82, 2.24) is 9.55 Å². The van der Waals surface area contributed by atoms with Gasteiger partial charge in [0.15, 0.2) is 5.16 Å². The molecule has 1 heterocycles. The summed E-state index contributed by atoms with van der Waals surface area (Å²) in [5, 5.41) is 3.93. The number of nitrogens with zero attached hydrogens (tertiary/aromatic N) is 2. The highest BCUT2D eigenvalue weighted by molar-refractivity contribution is 7.99. The zero-order chi connectivity index (χ0) is 17.9. The number of amides is 1. The van der Waals surface area contributed by atoms with Crippen molar-refractivity contribution < 1.29 is 4.79 Å². The van der Waals surface area contributed by atoms with Gasteiger partial charge in [0.25, 0.3) is 0 Å². The van der Waals surface area contributed by atoms with Crippen molar-refractivity contribution in [3.63, 3.8) is 0 Å². The van der Waals surface area contributed by atoms with Crippen LogP contribution in [0, 0.1) is 33.6 Å². The molecule has 0 atom stereocenters. The average molecular weight is 346 g/mol. The fraction of sp³-hybridized carbons (Fsp3) is 0.474. The van der Waals surface area contributed by atoms with Crippen LogP contribution in [0.3, 0.4) is 0 Å². The van der Waals surface area contributed by atoms with Crippen molar-refractivity contribution in [1.29, 1.82) is 0 Å². The number of rotatable bonds is 6. The molecule has 130 valence electrons. The molecule has 0 radical (unpaired) electrons. The molecule has 0 bridgehead atoms. The number of carbonyl (C=O) groups is 1. The monoisotopic (exact) mass is 345 g/mol. The van der Waals surface area contributed by atoms with Crippen LogP contribution >= 0.6 is 11.8 Å². The van der Waals surface area contributed by atoms with Crippen LogP contribution in [0.2, 0.25) is 0 Å². The van der Waals surface area contributed by atoms with E-state index in [0.717, 1.165) is 34.2 Å². The molecule has 0 aliphatic rings. The first-order chi connectivity index (χ1) is 11.3. The summed E-state index contributed by atoms with van der Waals surface area (Å²) in [4.78, 5) is 16.9. The van der Waals surface area contributed by atoms with Crippen LogP contribution in [0.25, 0.3) is 0 Å². The van der Waals surface area contributed by atoms with Gasteiger partial charge in [-0.05, 0) is 50.8 Å². The molecule has 5 heteroatoms. The third kappa shape index (κ3) is 4.63. The molecule has 1 aromatic carbocycles. The number of aromatic nitrogens is 2. The van der Waals surface area contributed by atoms with Crippen molar-refractivity contribution in [2.75, 3.05) is 11.1 Å². The first-order valence-electron chi connectivity index (χ1n) is 8.31. The van der Waals surface area contributed by atoms with Crippen molar-refractivity contribution in [2.24, 2.45) is 5.92 Å². The molecule has 0 saturated carbocycles. The maximum atomic E-state index is 12.3. The highest BCUT2D eigenvalue weighted by atomic mass is 32.2. The molecule has 24 heavy (non-hydrogen) atoms. The number of hydrogen-bond acceptors (Lipinski definition) is 3. The molecule has 1 amide bonds. The minimum Gasteiger partial charge on any atom is -0.325 e. The summed E-state index contributed by atoms with van der Waals surface area (Å²) in [5.41, 5.74) is 5.32. The lowest BCUT2D eigenvalue weighted by atomic mass is 10.1. The van der Waals surface area contributed by atoms with Gasteiger partial charge >= 0.3 is 0 Å². The molecule has 2 rings (SSSR count). The molecule has 0 spiro atoms. The van der Waals surface area contributed by atoms with E-state index in [1.54, 1.807) is 0 Å². The Morgan fingerprint density at radius 3 is 2.62 bits per heavy atom. The van der Waals surface area contributed by atoms with Gasteiger partial charge in [0.1, 0.15) is 0 Å². The Bertz CT molecular complexity index is 734. The van der Waals surface area contributed by atoms with Crippen LogP contribution in [0.1, 0.15) is 36.4 Å². The van der Waals surface area contributed by atoms with Crippen LogP contribution in [0.4, 0.5) is 5.69 Å². The van der Waals surface area contributed by atoms with Gasteiger partial charge in [-0.15, -0.1) is 0 Å². The van der Waals surface area contributed by atoms with E-state index < -0.39 is 0 Å². The minimum absolute atomic E-state index is 0.00287. The number of thioether (sulfide) groups is 1. The van der Waals surface area contributed by atoms with Gasteiger partial charge in [0.2, 0.25) is 5.91 Å². The predicted octanol–water partition coefficient (Wildman–Crippen LogP) is 4.50. The van der Waals surface area contributed by atoms with E-state index in [4.69, 9.17) is 0 Å². The minimum atomic E-state index is 0.00287. The van der Waals surface area contributed by atoms with Gasteiger partial charge in [0, 0.05) is 17.9 Å². The third-order valence-electron chi connectivity index (χ3n) is 3.97. The van der Waals surface area contributed by atoms with E-state index in [0.29, 0.717) is 11.7 Å². The van der Waals surface area contributed by atoms with Crippen LogP contribution in [0.15, 0.2) is 23.4 Å². The maximum absolute atomic E-state index is 12.3. The fourth-order valence-electron chi connectivity index (χ4n) is 2.50. The lowest BCUT2D eigenvalue weighted by molar-refractivity contribution is -0.113. The topological polar surface area (TPSA) is 46.9 Å². The number of hydrogen-bond donors (Lipinski definition) is 1. The van der Waals surface area contributed by atoms with Gasteiger partial charge in [-0.2, -0.15) is 0 Å². The van der Waals surface area contributed by atoms with Gasteiger partial charge in [-0.25, -0.2) is 4.98 Å². The first kappa shape index (κ1) is 18.6. The zero-order valence-corrected chi connectivity index (χ0v) is 16.3. The van der Waals surface area contributed by atoms with Gasteiger partial charge in [0.05, 0.1) is 11.4 Å². The van der Waals surface area contributed by atoms with Crippen molar-refractivity contribution >= 4 is 23.4 Å². The van der Waals surface area contributed by atoms with Gasteiger partial charge in [-0.1, -0.05) is 37.7 Å². The molecular formula is C19H27N3OS. The van der Waals surface area contributed by atoms with E-state index in [2.05, 4.69) is 35.6 Å². The van der Waals surface area contributed by atoms with E-state index in [1.165, 1.54) is 17.5 Å².